The average Bonchev–Trinajstić information content (AvgIpc) is 2.49. The van der Waals surface area contributed by atoms with E-state index in [-0.39, 0.29) is 5.97 Å². The van der Waals surface area contributed by atoms with Gasteiger partial charge in [-0.05, 0) is 28.2 Å². The zero-order chi connectivity index (χ0) is 14.2. The summed E-state index contributed by atoms with van der Waals surface area (Å²) < 4.78 is 5.13. The Kier molecular flexibility index (Phi) is 5.69. The second-order valence-electron chi connectivity index (χ2n) is 4.27. The van der Waals surface area contributed by atoms with Crippen LogP contribution in [0.5, 0.6) is 0 Å². The van der Waals surface area contributed by atoms with Crippen molar-refractivity contribution in [1.29, 1.82) is 0 Å². The fraction of sp³-hybridized carbons (Fsp3) is 0.235. The molecule has 0 saturated carbocycles. The summed E-state index contributed by atoms with van der Waals surface area (Å²) >= 11 is 1.77. The molecule has 0 amide bonds. The number of esters is 1. The molecule has 0 aromatic heterocycles. The summed E-state index contributed by atoms with van der Waals surface area (Å²) in [5.74, 6) is 1.61. The van der Waals surface area contributed by atoms with E-state index in [1.165, 1.54) is 11.5 Å². The lowest BCUT2D eigenvalue weighted by Gasteiger charge is -2.02. The summed E-state index contributed by atoms with van der Waals surface area (Å²) in [5.41, 5.74) is 1.03. The zero-order valence-corrected chi connectivity index (χ0v) is 12.4. The summed E-state index contributed by atoms with van der Waals surface area (Å²) in [7, 11) is 0. The molecule has 0 aliphatic rings. The molecule has 0 bridgehead atoms. The molecule has 0 fully saturated rings. The number of benzene rings is 2. The second-order valence-corrected chi connectivity index (χ2v) is 5.66. The van der Waals surface area contributed by atoms with Gasteiger partial charge in [0.2, 0.25) is 0 Å². The number of carbonyl (C=O) groups is 1. The smallest absolute Gasteiger partial charge is 0.330 e. The first-order valence-corrected chi connectivity index (χ1v) is 7.87. The predicted molar refractivity (Wildman–Crippen MR) is 86.9 cm³/mol. The van der Waals surface area contributed by atoms with E-state index in [9.17, 15) is 4.79 Å². The van der Waals surface area contributed by atoms with Gasteiger partial charge in [-0.3, -0.25) is 0 Å². The Labute approximate surface area is 123 Å². The van der Waals surface area contributed by atoms with Crippen molar-refractivity contribution >= 4 is 34.6 Å². The molecule has 0 radical (unpaired) electrons. The number of carbonyl (C=O) groups excluding carboxylic acids is 1. The van der Waals surface area contributed by atoms with E-state index in [0.29, 0.717) is 6.61 Å². The third-order valence-electron chi connectivity index (χ3n) is 2.90. The number of ether oxygens (including phenoxy) is 1. The predicted octanol–water partition coefficient (Wildman–Crippen LogP) is 4.15. The van der Waals surface area contributed by atoms with Crippen LogP contribution in [0.15, 0.2) is 48.5 Å². The third-order valence-corrected chi connectivity index (χ3v) is 3.76. The highest BCUT2D eigenvalue weighted by Crippen LogP contribution is 2.19. The SMILES string of the molecule is CCSCCOC(=O)/C=C/c1cccc2ccccc12. The van der Waals surface area contributed by atoms with Gasteiger partial charge in [-0.1, -0.05) is 49.4 Å². The van der Waals surface area contributed by atoms with Gasteiger partial charge >= 0.3 is 5.97 Å². The molecular formula is C17H18O2S. The molecule has 0 aliphatic heterocycles. The minimum atomic E-state index is -0.283. The van der Waals surface area contributed by atoms with Crippen LogP contribution < -0.4 is 0 Å². The molecule has 3 heteroatoms. The first-order chi connectivity index (χ1) is 9.81. The van der Waals surface area contributed by atoms with Crippen molar-refractivity contribution in [3.05, 3.63) is 54.1 Å². The lowest BCUT2D eigenvalue weighted by molar-refractivity contribution is -0.137. The van der Waals surface area contributed by atoms with Crippen LogP contribution in [0.25, 0.3) is 16.8 Å². The van der Waals surface area contributed by atoms with Gasteiger partial charge in [-0.25, -0.2) is 4.79 Å². The van der Waals surface area contributed by atoms with Gasteiger partial charge in [0.25, 0.3) is 0 Å². The van der Waals surface area contributed by atoms with Crippen molar-refractivity contribution in [2.24, 2.45) is 0 Å². The van der Waals surface area contributed by atoms with Crippen molar-refractivity contribution in [2.45, 2.75) is 6.92 Å². The van der Waals surface area contributed by atoms with Crippen LogP contribution in [0, 0.1) is 0 Å². The van der Waals surface area contributed by atoms with Crippen molar-refractivity contribution in [3.8, 4) is 0 Å². The first-order valence-electron chi connectivity index (χ1n) is 6.71. The zero-order valence-electron chi connectivity index (χ0n) is 11.5. The van der Waals surface area contributed by atoms with E-state index in [0.717, 1.165) is 22.5 Å². The Bertz CT molecular complexity index is 599. The van der Waals surface area contributed by atoms with Gasteiger partial charge in [0.15, 0.2) is 0 Å². The fourth-order valence-electron chi connectivity index (χ4n) is 1.95. The third kappa shape index (κ3) is 4.14. The largest absolute Gasteiger partial charge is 0.462 e. The van der Waals surface area contributed by atoms with E-state index in [4.69, 9.17) is 4.74 Å². The number of hydrogen-bond acceptors (Lipinski definition) is 3. The number of rotatable bonds is 6. The summed E-state index contributed by atoms with van der Waals surface area (Å²) in [6.07, 6.45) is 3.32. The average molecular weight is 286 g/mol. The van der Waals surface area contributed by atoms with Crippen molar-refractivity contribution < 1.29 is 9.53 Å². The van der Waals surface area contributed by atoms with Crippen LogP contribution in [0.2, 0.25) is 0 Å². The molecule has 0 atom stereocenters. The van der Waals surface area contributed by atoms with Crippen LogP contribution in [-0.4, -0.2) is 24.1 Å². The molecular weight excluding hydrogens is 268 g/mol. The summed E-state index contributed by atoms with van der Waals surface area (Å²) in [6.45, 7) is 2.56. The topological polar surface area (TPSA) is 26.3 Å². The van der Waals surface area contributed by atoms with Gasteiger partial charge in [0, 0.05) is 11.8 Å². The van der Waals surface area contributed by atoms with Gasteiger partial charge in [-0.2, -0.15) is 11.8 Å². The molecule has 0 N–H and O–H groups in total. The van der Waals surface area contributed by atoms with E-state index < -0.39 is 0 Å². The Hall–Kier alpha value is -1.74. The monoisotopic (exact) mass is 286 g/mol. The lowest BCUT2D eigenvalue weighted by atomic mass is 10.0. The van der Waals surface area contributed by atoms with Crippen LogP contribution >= 0.6 is 11.8 Å². The molecule has 0 aliphatic carbocycles. The number of hydrogen-bond donors (Lipinski definition) is 0. The highest BCUT2D eigenvalue weighted by Gasteiger charge is 1.99. The standard InChI is InChI=1S/C17H18O2S/c1-2-20-13-12-19-17(18)11-10-15-8-5-7-14-6-3-4-9-16(14)15/h3-11H,2,12-13H2,1H3/b11-10+. The summed E-state index contributed by atoms with van der Waals surface area (Å²) in [4.78, 5) is 11.6. The van der Waals surface area contributed by atoms with Crippen LogP contribution in [0.3, 0.4) is 0 Å². The van der Waals surface area contributed by atoms with Gasteiger partial charge in [-0.15, -0.1) is 0 Å². The second kappa shape index (κ2) is 7.75. The van der Waals surface area contributed by atoms with E-state index in [1.54, 1.807) is 11.8 Å². The van der Waals surface area contributed by atoms with Crippen molar-refractivity contribution in [2.75, 3.05) is 18.1 Å². The van der Waals surface area contributed by atoms with Gasteiger partial charge in [0.1, 0.15) is 6.61 Å². The molecule has 0 saturated heterocycles. The Morgan fingerprint density at radius 3 is 2.85 bits per heavy atom. The van der Waals surface area contributed by atoms with E-state index in [2.05, 4.69) is 25.1 Å². The molecule has 20 heavy (non-hydrogen) atoms. The molecule has 0 heterocycles. The van der Waals surface area contributed by atoms with Gasteiger partial charge in [0.05, 0.1) is 0 Å². The number of thioether (sulfide) groups is 1. The first kappa shape index (κ1) is 14.7. The molecule has 2 nitrogen and oxygen atoms in total. The highest BCUT2D eigenvalue weighted by molar-refractivity contribution is 7.99. The van der Waals surface area contributed by atoms with Crippen LogP contribution in [0.1, 0.15) is 12.5 Å². The van der Waals surface area contributed by atoms with E-state index >= 15 is 0 Å². The van der Waals surface area contributed by atoms with Crippen LogP contribution in [-0.2, 0) is 9.53 Å². The maximum atomic E-state index is 11.6. The minimum absolute atomic E-state index is 0.283. The molecule has 2 aromatic carbocycles. The molecule has 2 aromatic rings. The maximum Gasteiger partial charge on any atom is 0.330 e. The van der Waals surface area contributed by atoms with E-state index in [1.807, 2.05) is 30.3 Å². The Morgan fingerprint density at radius 1 is 1.20 bits per heavy atom. The maximum absolute atomic E-state index is 11.6. The minimum Gasteiger partial charge on any atom is -0.462 e. The van der Waals surface area contributed by atoms with Gasteiger partial charge < -0.3 is 4.74 Å². The highest BCUT2D eigenvalue weighted by atomic mass is 32.2. The number of fused-ring (bicyclic) bond motifs is 1. The summed E-state index contributed by atoms with van der Waals surface area (Å²) in [5, 5.41) is 2.31. The Morgan fingerprint density at radius 2 is 2.00 bits per heavy atom. The van der Waals surface area contributed by atoms with Crippen molar-refractivity contribution in [1.82, 2.24) is 0 Å². The molecule has 0 unspecified atom stereocenters. The molecule has 104 valence electrons. The molecule has 0 spiro atoms. The molecule has 2 rings (SSSR count). The normalized spacial score (nSPS) is 11.1. The Balaban J connectivity index is 2.01. The van der Waals surface area contributed by atoms with Crippen molar-refractivity contribution in [3.63, 3.8) is 0 Å². The summed E-state index contributed by atoms with van der Waals surface area (Å²) in [6, 6.07) is 14.2. The van der Waals surface area contributed by atoms with Crippen LogP contribution in [0.4, 0.5) is 0 Å². The quantitative estimate of drug-likeness (QED) is 0.453. The lowest BCUT2D eigenvalue weighted by Crippen LogP contribution is -2.04. The fourth-order valence-corrected chi connectivity index (χ4v) is 2.44.